The number of anilines is 2. The number of hydrogen-bond acceptors (Lipinski definition) is 8. The van der Waals surface area contributed by atoms with Crippen LogP contribution in [-0.2, 0) is 4.74 Å². The van der Waals surface area contributed by atoms with Gasteiger partial charge in [-0.1, -0.05) is 18.2 Å². The van der Waals surface area contributed by atoms with Crippen LogP contribution in [0.2, 0.25) is 0 Å². The summed E-state index contributed by atoms with van der Waals surface area (Å²) >= 11 is 1.65. The molecule has 0 bridgehead atoms. The summed E-state index contributed by atoms with van der Waals surface area (Å²) in [6.45, 7) is 7.41. The third-order valence-electron chi connectivity index (χ3n) is 5.82. The van der Waals surface area contributed by atoms with Crippen molar-refractivity contribution in [3.05, 3.63) is 47.3 Å². The van der Waals surface area contributed by atoms with E-state index in [2.05, 4.69) is 40.3 Å². The maximum atomic E-state index is 6.61. The first kappa shape index (κ1) is 20.9. The molecule has 166 valence electrons. The average Bonchev–Trinajstić information content (AvgIpc) is 3.46. The summed E-state index contributed by atoms with van der Waals surface area (Å²) in [5.74, 6) is 1.27. The lowest BCUT2D eigenvalue weighted by Crippen LogP contribution is -2.47. The van der Waals surface area contributed by atoms with Crippen LogP contribution < -0.4 is 10.6 Å². The summed E-state index contributed by atoms with van der Waals surface area (Å²) in [5, 5.41) is 7.65. The Morgan fingerprint density at radius 2 is 1.94 bits per heavy atom. The topological polar surface area (TPSA) is 85.3 Å². The Morgan fingerprint density at radius 1 is 1.09 bits per heavy atom. The molecule has 1 aromatic carbocycles. The Labute approximate surface area is 191 Å². The predicted octanol–water partition coefficient (Wildman–Crippen LogP) is 3.20. The van der Waals surface area contributed by atoms with Crippen LogP contribution >= 0.6 is 11.3 Å². The summed E-state index contributed by atoms with van der Waals surface area (Å²) in [7, 11) is 1.74. The number of rotatable bonds is 6. The molecule has 2 N–H and O–H groups in total. The predicted molar refractivity (Wildman–Crippen MR) is 130 cm³/mol. The van der Waals surface area contributed by atoms with Gasteiger partial charge in [-0.15, -0.1) is 16.4 Å². The summed E-state index contributed by atoms with van der Waals surface area (Å²) in [4.78, 5) is 15.5. The first-order valence-corrected chi connectivity index (χ1v) is 11.7. The standard InChI is InChI=1S/C23H27N7OS/c1-16-5-3-6-17(15-16)30-21(24)19-20(18-7-4-14-32-18)25-23(26-22(19)27-30)29-10-8-28(9-11-29)12-13-31-2/h3-7,14-15H,8-13,24H2,1-2H3. The van der Waals surface area contributed by atoms with E-state index < -0.39 is 0 Å². The monoisotopic (exact) mass is 449 g/mol. The summed E-state index contributed by atoms with van der Waals surface area (Å²) in [5.41, 5.74) is 10.2. The fraction of sp³-hybridized carbons (Fsp3) is 0.348. The number of nitrogens with two attached hydrogens (primary N) is 1. The second-order valence-electron chi connectivity index (χ2n) is 8.01. The van der Waals surface area contributed by atoms with E-state index in [9.17, 15) is 0 Å². The van der Waals surface area contributed by atoms with Crippen molar-refractivity contribution in [2.75, 3.05) is 57.1 Å². The van der Waals surface area contributed by atoms with Gasteiger partial charge in [-0.3, -0.25) is 4.90 Å². The quantitative estimate of drug-likeness (QED) is 0.484. The smallest absolute Gasteiger partial charge is 0.228 e. The molecular formula is C23H27N7OS. The number of fused-ring (bicyclic) bond motifs is 1. The van der Waals surface area contributed by atoms with E-state index in [0.717, 1.165) is 66.5 Å². The second kappa shape index (κ2) is 8.85. The molecule has 0 amide bonds. The van der Waals surface area contributed by atoms with Crippen molar-refractivity contribution in [2.24, 2.45) is 0 Å². The Bertz CT molecular complexity index is 1210. The van der Waals surface area contributed by atoms with Crippen molar-refractivity contribution in [1.82, 2.24) is 24.6 Å². The number of aryl methyl sites for hydroxylation is 1. The van der Waals surface area contributed by atoms with Gasteiger partial charge in [0.15, 0.2) is 5.65 Å². The lowest BCUT2D eigenvalue weighted by atomic mass is 10.2. The zero-order valence-corrected chi connectivity index (χ0v) is 19.2. The number of nitrogens with zero attached hydrogens (tertiary/aromatic N) is 6. The number of hydrogen-bond donors (Lipinski definition) is 1. The zero-order chi connectivity index (χ0) is 22.1. The van der Waals surface area contributed by atoms with Gasteiger partial charge in [-0.2, -0.15) is 4.98 Å². The van der Waals surface area contributed by atoms with Crippen molar-refractivity contribution < 1.29 is 4.74 Å². The molecular weight excluding hydrogens is 422 g/mol. The second-order valence-corrected chi connectivity index (χ2v) is 8.95. The number of aromatic nitrogens is 4. The molecule has 1 saturated heterocycles. The average molecular weight is 450 g/mol. The van der Waals surface area contributed by atoms with Gasteiger partial charge in [0.05, 0.1) is 28.3 Å². The fourth-order valence-corrected chi connectivity index (χ4v) is 4.80. The van der Waals surface area contributed by atoms with Crippen LogP contribution in [0.25, 0.3) is 27.3 Å². The first-order valence-electron chi connectivity index (χ1n) is 10.8. The minimum absolute atomic E-state index is 0.560. The van der Waals surface area contributed by atoms with Crippen molar-refractivity contribution in [3.8, 4) is 16.3 Å². The molecule has 0 atom stereocenters. The molecule has 5 rings (SSSR count). The van der Waals surface area contributed by atoms with Crippen molar-refractivity contribution in [1.29, 1.82) is 0 Å². The van der Waals surface area contributed by atoms with Crippen LogP contribution in [0.3, 0.4) is 0 Å². The van der Waals surface area contributed by atoms with Gasteiger partial charge in [0.2, 0.25) is 5.95 Å². The van der Waals surface area contributed by atoms with E-state index in [1.54, 1.807) is 23.1 Å². The highest BCUT2D eigenvalue weighted by Gasteiger charge is 2.24. The summed E-state index contributed by atoms with van der Waals surface area (Å²) in [6, 6.07) is 12.3. The molecule has 3 aromatic heterocycles. The van der Waals surface area contributed by atoms with Gasteiger partial charge in [0, 0.05) is 39.8 Å². The summed E-state index contributed by atoms with van der Waals surface area (Å²) in [6.07, 6.45) is 0. The molecule has 4 heterocycles. The highest BCUT2D eigenvalue weighted by atomic mass is 32.1. The lowest BCUT2D eigenvalue weighted by Gasteiger charge is -2.34. The Morgan fingerprint density at radius 3 is 2.66 bits per heavy atom. The number of piperazine rings is 1. The largest absolute Gasteiger partial charge is 0.383 e. The van der Waals surface area contributed by atoms with Crippen molar-refractivity contribution in [3.63, 3.8) is 0 Å². The molecule has 32 heavy (non-hydrogen) atoms. The summed E-state index contributed by atoms with van der Waals surface area (Å²) < 4.78 is 6.99. The van der Waals surface area contributed by atoms with Crippen molar-refractivity contribution >= 4 is 34.1 Å². The van der Waals surface area contributed by atoms with Gasteiger partial charge in [0.1, 0.15) is 5.82 Å². The molecule has 0 radical (unpaired) electrons. The van der Waals surface area contributed by atoms with Crippen LogP contribution in [-0.4, -0.2) is 71.1 Å². The third-order valence-corrected chi connectivity index (χ3v) is 6.70. The fourth-order valence-electron chi connectivity index (χ4n) is 4.08. The van der Waals surface area contributed by atoms with E-state index in [0.29, 0.717) is 17.4 Å². The molecule has 4 aromatic rings. The molecule has 1 aliphatic heterocycles. The third kappa shape index (κ3) is 3.94. The van der Waals surface area contributed by atoms with Crippen LogP contribution in [0.1, 0.15) is 5.56 Å². The normalized spacial score (nSPS) is 15.0. The van der Waals surface area contributed by atoms with Crippen LogP contribution in [0, 0.1) is 6.92 Å². The Hall–Kier alpha value is -3.01. The van der Waals surface area contributed by atoms with E-state index in [-0.39, 0.29) is 0 Å². The highest BCUT2D eigenvalue weighted by molar-refractivity contribution is 7.13. The molecule has 1 aliphatic rings. The molecule has 0 aliphatic carbocycles. The molecule has 8 nitrogen and oxygen atoms in total. The molecule has 0 spiro atoms. The zero-order valence-electron chi connectivity index (χ0n) is 18.4. The number of benzene rings is 1. The van der Waals surface area contributed by atoms with Crippen LogP contribution in [0.15, 0.2) is 41.8 Å². The van der Waals surface area contributed by atoms with Gasteiger partial charge in [0.25, 0.3) is 0 Å². The lowest BCUT2D eigenvalue weighted by molar-refractivity contribution is 0.144. The van der Waals surface area contributed by atoms with Gasteiger partial charge in [-0.25, -0.2) is 9.67 Å². The molecule has 0 unspecified atom stereocenters. The molecule has 9 heteroatoms. The SMILES string of the molecule is COCCN1CCN(c2nc(-c3cccs3)c3c(N)n(-c4cccc(C)c4)nc3n2)CC1. The number of ether oxygens (including phenoxy) is 1. The minimum atomic E-state index is 0.560. The van der Waals surface area contributed by atoms with E-state index in [4.69, 9.17) is 25.5 Å². The van der Waals surface area contributed by atoms with Crippen molar-refractivity contribution in [2.45, 2.75) is 6.92 Å². The van der Waals surface area contributed by atoms with E-state index in [1.807, 2.05) is 18.2 Å². The molecule has 0 saturated carbocycles. The maximum absolute atomic E-state index is 6.61. The maximum Gasteiger partial charge on any atom is 0.228 e. The van der Waals surface area contributed by atoms with E-state index in [1.165, 1.54) is 0 Å². The van der Waals surface area contributed by atoms with Crippen LogP contribution in [0.5, 0.6) is 0 Å². The number of thiophene rings is 1. The van der Waals surface area contributed by atoms with Crippen LogP contribution in [0.4, 0.5) is 11.8 Å². The highest BCUT2D eigenvalue weighted by Crippen LogP contribution is 2.35. The van der Waals surface area contributed by atoms with E-state index >= 15 is 0 Å². The molecule has 1 fully saturated rings. The minimum Gasteiger partial charge on any atom is -0.383 e. The number of methoxy groups -OCH3 is 1. The Balaban J connectivity index is 1.56. The van der Waals surface area contributed by atoms with Gasteiger partial charge >= 0.3 is 0 Å². The van der Waals surface area contributed by atoms with Gasteiger partial charge < -0.3 is 15.4 Å². The number of nitrogen functional groups attached to an aromatic ring is 1. The van der Waals surface area contributed by atoms with Gasteiger partial charge in [-0.05, 0) is 36.1 Å². The Kier molecular flexibility index (Phi) is 5.77. The first-order chi connectivity index (χ1) is 15.6.